The van der Waals surface area contributed by atoms with Crippen molar-refractivity contribution in [2.45, 2.75) is 52.1 Å². The number of esters is 1. The first-order chi connectivity index (χ1) is 14.8. The van der Waals surface area contributed by atoms with E-state index in [9.17, 15) is 9.59 Å². The molecule has 8 nitrogen and oxygen atoms in total. The molecule has 1 aliphatic carbocycles. The summed E-state index contributed by atoms with van der Waals surface area (Å²) in [6.45, 7) is 8.12. The Kier molecular flexibility index (Phi) is 6.02. The third kappa shape index (κ3) is 4.18. The maximum atomic E-state index is 12.7. The van der Waals surface area contributed by atoms with Crippen LogP contribution in [0.4, 0.5) is 5.00 Å². The SMILES string of the molecule is COC(=O)c1c(NC(=O)CSc2nc3nc(C)c(C)c(C)n3n2)sc2c1CCC(C)C2. The van der Waals surface area contributed by atoms with Crippen LogP contribution in [0.2, 0.25) is 0 Å². The van der Waals surface area contributed by atoms with Crippen molar-refractivity contribution < 1.29 is 14.3 Å². The molecule has 0 spiro atoms. The van der Waals surface area contributed by atoms with Gasteiger partial charge in [-0.25, -0.2) is 14.3 Å². The summed E-state index contributed by atoms with van der Waals surface area (Å²) in [4.78, 5) is 35.1. The third-order valence-electron chi connectivity index (χ3n) is 5.73. The molecule has 164 valence electrons. The molecule has 1 unspecified atom stereocenters. The average Bonchev–Trinajstić information content (AvgIpc) is 3.30. The van der Waals surface area contributed by atoms with Crippen molar-refractivity contribution in [3.63, 3.8) is 0 Å². The van der Waals surface area contributed by atoms with Gasteiger partial charge in [0.2, 0.25) is 11.1 Å². The van der Waals surface area contributed by atoms with E-state index in [2.05, 4.69) is 27.3 Å². The van der Waals surface area contributed by atoms with E-state index in [1.54, 1.807) is 4.52 Å². The fraction of sp³-hybridized carbons (Fsp3) is 0.476. The summed E-state index contributed by atoms with van der Waals surface area (Å²) >= 11 is 2.72. The highest BCUT2D eigenvalue weighted by Gasteiger charge is 2.29. The molecule has 0 saturated heterocycles. The van der Waals surface area contributed by atoms with E-state index in [1.165, 1.54) is 30.2 Å². The summed E-state index contributed by atoms with van der Waals surface area (Å²) in [7, 11) is 1.37. The zero-order valence-corrected chi connectivity index (χ0v) is 19.9. The van der Waals surface area contributed by atoms with Crippen LogP contribution < -0.4 is 5.32 Å². The van der Waals surface area contributed by atoms with Crippen molar-refractivity contribution in [1.29, 1.82) is 0 Å². The van der Waals surface area contributed by atoms with Gasteiger partial charge in [0.15, 0.2) is 0 Å². The fourth-order valence-corrected chi connectivity index (χ4v) is 5.78. The standard InChI is InChI=1S/C21H25N5O3S2/c1-10-6-7-14-15(8-10)31-18(17(14)19(28)29-5)23-16(27)9-30-21-24-20-22-12(3)11(2)13(4)26(20)25-21/h10H,6-9H2,1-5H3,(H,23,27). The quantitative estimate of drug-likeness (QED) is 0.458. The lowest BCUT2D eigenvalue weighted by atomic mass is 9.88. The Morgan fingerprint density at radius 2 is 2.06 bits per heavy atom. The molecule has 3 aromatic rings. The number of nitrogens with zero attached hydrogens (tertiary/aromatic N) is 4. The van der Waals surface area contributed by atoms with Crippen LogP contribution in [0, 0.1) is 26.7 Å². The van der Waals surface area contributed by atoms with Crippen molar-refractivity contribution in [3.05, 3.63) is 33.0 Å². The van der Waals surface area contributed by atoms with Gasteiger partial charge in [-0.1, -0.05) is 18.7 Å². The molecule has 1 amide bonds. The first-order valence-electron chi connectivity index (χ1n) is 10.1. The van der Waals surface area contributed by atoms with Crippen LogP contribution in [0.15, 0.2) is 5.16 Å². The van der Waals surface area contributed by atoms with E-state index < -0.39 is 5.97 Å². The number of aromatic nitrogens is 4. The normalized spacial score (nSPS) is 15.7. The number of hydrogen-bond donors (Lipinski definition) is 1. The number of hydrogen-bond acceptors (Lipinski definition) is 8. The first kappa shape index (κ1) is 21.8. The van der Waals surface area contributed by atoms with Crippen LogP contribution in [-0.4, -0.2) is 44.3 Å². The number of methoxy groups -OCH3 is 1. The maximum absolute atomic E-state index is 12.7. The van der Waals surface area contributed by atoms with Crippen LogP contribution in [-0.2, 0) is 22.4 Å². The number of ether oxygens (including phenoxy) is 1. The average molecular weight is 460 g/mol. The number of rotatable bonds is 5. The third-order valence-corrected chi connectivity index (χ3v) is 7.74. The summed E-state index contributed by atoms with van der Waals surface area (Å²) in [5.41, 5.74) is 4.49. The largest absolute Gasteiger partial charge is 0.465 e. The zero-order valence-electron chi connectivity index (χ0n) is 18.2. The molecule has 4 rings (SSSR count). The van der Waals surface area contributed by atoms with Gasteiger partial charge in [0.25, 0.3) is 5.78 Å². The summed E-state index contributed by atoms with van der Waals surface area (Å²) in [5.74, 6) is 0.618. The van der Waals surface area contributed by atoms with Gasteiger partial charge in [0, 0.05) is 16.3 Å². The highest BCUT2D eigenvalue weighted by atomic mass is 32.2. The molecule has 31 heavy (non-hydrogen) atoms. The smallest absolute Gasteiger partial charge is 0.341 e. The fourth-order valence-electron chi connectivity index (χ4n) is 3.75. The van der Waals surface area contributed by atoms with Crippen LogP contribution in [0.5, 0.6) is 0 Å². The molecular weight excluding hydrogens is 434 g/mol. The van der Waals surface area contributed by atoms with E-state index in [-0.39, 0.29) is 11.7 Å². The van der Waals surface area contributed by atoms with Crippen molar-refractivity contribution in [3.8, 4) is 0 Å². The number of carbonyl (C=O) groups excluding carboxylic acids is 2. The predicted molar refractivity (Wildman–Crippen MR) is 121 cm³/mol. The lowest BCUT2D eigenvalue weighted by Crippen LogP contribution is -2.17. The predicted octanol–water partition coefficient (Wildman–Crippen LogP) is 3.75. The minimum Gasteiger partial charge on any atom is -0.465 e. The minimum absolute atomic E-state index is 0.132. The Hall–Kier alpha value is -2.46. The first-order valence-corrected chi connectivity index (χ1v) is 11.9. The molecule has 3 aromatic heterocycles. The van der Waals surface area contributed by atoms with E-state index in [4.69, 9.17) is 4.74 Å². The second-order valence-electron chi connectivity index (χ2n) is 7.90. The van der Waals surface area contributed by atoms with E-state index in [1.807, 2.05) is 20.8 Å². The Bertz CT molecular complexity index is 1180. The number of fused-ring (bicyclic) bond motifs is 2. The molecule has 1 atom stereocenters. The monoisotopic (exact) mass is 459 g/mol. The second-order valence-corrected chi connectivity index (χ2v) is 9.95. The Morgan fingerprint density at radius 1 is 1.29 bits per heavy atom. The molecule has 3 heterocycles. The number of thioether (sulfide) groups is 1. The highest BCUT2D eigenvalue weighted by molar-refractivity contribution is 7.99. The molecule has 0 saturated carbocycles. The van der Waals surface area contributed by atoms with Gasteiger partial charge in [-0.15, -0.1) is 16.4 Å². The molecule has 1 aliphatic rings. The molecule has 0 bridgehead atoms. The second kappa shape index (κ2) is 8.58. The maximum Gasteiger partial charge on any atom is 0.341 e. The van der Waals surface area contributed by atoms with Crippen LogP contribution in [0.3, 0.4) is 0 Å². The van der Waals surface area contributed by atoms with E-state index in [0.717, 1.165) is 46.7 Å². The number of carbonyl (C=O) groups is 2. The van der Waals surface area contributed by atoms with E-state index in [0.29, 0.717) is 27.4 Å². The van der Waals surface area contributed by atoms with Gasteiger partial charge >= 0.3 is 5.97 Å². The van der Waals surface area contributed by atoms with Gasteiger partial charge in [-0.2, -0.15) is 4.98 Å². The molecule has 0 radical (unpaired) electrons. The number of anilines is 1. The summed E-state index contributed by atoms with van der Waals surface area (Å²) in [6.07, 6.45) is 2.78. The molecule has 0 fully saturated rings. The molecule has 1 N–H and O–H groups in total. The molecule has 10 heteroatoms. The molecule has 0 aliphatic heterocycles. The van der Waals surface area contributed by atoms with Crippen molar-refractivity contribution in [1.82, 2.24) is 19.6 Å². The summed E-state index contributed by atoms with van der Waals surface area (Å²) in [6, 6.07) is 0. The van der Waals surface area contributed by atoms with Crippen LogP contribution in [0.1, 0.15) is 51.1 Å². The van der Waals surface area contributed by atoms with Crippen molar-refractivity contribution >= 4 is 45.8 Å². The summed E-state index contributed by atoms with van der Waals surface area (Å²) in [5, 5.41) is 8.44. The van der Waals surface area contributed by atoms with Gasteiger partial charge < -0.3 is 10.1 Å². The topological polar surface area (TPSA) is 98.5 Å². The van der Waals surface area contributed by atoms with Gasteiger partial charge in [-0.3, -0.25) is 4.79 Å². The number of thiophene rings is 1. The lowest BCUT2D eigenvalue weighted by Gasteiger charge is -2.18. The van der Waals surface area contributed by atoms with Gasteiger partial charge in [0.1, 0.15) is 5.00 Å². The van der Waals surface area contributed by atoms with Gasteiger partial charge in [-0.05, 0) is 57.1 Å². The highest BCUT2D eigenvalue weighted by Crippen LogP contribution is 2.40. The van der Waals surface area contributed by atoms with Gasteiger partial charge in [0.05, 0.1) is 18.4 Å². The number of nitrogens with one attached hydrogen (secondary N) is 1. The van der Waals surface area contributed by atoms with E-state index >= 15 is 0 Å². The number of amides is 1. The van der Waals surface area contributed by atoms with Crippen LogP contribution in [0.25, 0.3) is 5.78 Å². The Labute approximate surface area is 188 Å². The molecular formula is C21H25N5O3S2. The van der Waals surface area contributed by atoms with Crippen LogP contribution >= 0.6 is 23.1 Å². The number of aryl methyl sites for hydroxylation is 2. The minimum atomic E-state index is -0.399. The Morgan fingerprint density at radius 3 is 2.81 bits per heavy atom. The zero-order chi connectivity index (χ0) is 22.3. The summed E-state index contributed by atoms with van der Waals surface area (Å²) < 4.78 is 6.69. The Balaban J connectivity index is 1.50. The lowest BCUT2D eigenvalue weighted by molar-refractivity contribution is -0.113. The van der Waals surface area contributed by atoms with Crippen molar-refractivity contribution in [2.24, 2.45) is 5.92 Å². The molecule has 0 aromatic carbocycles. The van der Waals surface area contributed by atoms with Crippen molar-refractivity contribution in [2.75, 3.05) is 18.2 Å².